The van der Waals surface area contributed by atoms with Gasteiger partial charge in [0.25, 0.3) is 18.2 Å². The number of ether oxygens (including phenoxy) is 1. The van der Waals surface area contributed by atoms with Gasteiger partial charge in [-0.25, -0.2) is 18.4 Å². The van der Waals surface area contributed by atoms with E-state index < -0.39 is 23.9 Å². The number of alkyl halides is 2. The minimum Gasteiger partial charge on any atom is -0.471 e. The number of para-hydroxylation sites is 1. The van der Waals surface area contributed by atoms with Gasteiger partial charge < -0.3 is 15.8 Å². The summed E-state index contributed by atoms with van der Waals surface area (Å²) >= 11 is 0.834. The third kappa shape index (κ3) is 5.15. The minimum atomic E-state index is -2.85. The topological polar surface area (TPSA) is 130 Å². The van der Waals surface area contributed by atoms with Crippen molar-refractivity contribution >= 4 is 39.1 Å². The van der Waals surface area contributed by atoms with Gasteiger partial charge in [-0.1, -0.05) is 18.2 Å². The minimum absolute atomic E-state index is 0.0219. The van der Waals surface area contributed by atoms with Crippen molar-refractivity contribution in [3.8, 4) is 16.9 Å². The molecule has 1 aromatic carbocycles. The van der Waals surface area contributed by atoms with Crippen LogP contribution in [0.1, 0.15) is 50.5 Å². The molecule has 0 unspecified atom stereocenters. The van der Waals surface area contributed by atoms with Crippen LogP contribution in [0.5, 0.6) is 5.75 Å². The number of benzene rings is 1. The van der Waals surface area contributed by atoms with Gasteiger partial charge in [-0.3, -0.25) is 14.3 Å². The maximum Gasteiger partial charge on any atom is 0.280 e. The maximum atomic E-state index is 13.8. The number of nitrogens with zero attached hydrogens (tertiary/aromatic N) is 5. The summed E-state index contributed by atoms with van der Waals surface area (Å²) < 4.78 is 36.5. The monoisotopic (exact) mass is 565 g/mol. The van der Waals surface area contributed by atoms with Crippen LogP contribution in [0.25, 0.3) is 21.3 Å². The van der Waals surface area contributed by atoms with E-state index in [1.807, 2.05) is 38.1 Å². The summed E-state index contributed by atoms with van der Waals surface area (Å²) in [6, 6.07) is 10.3. The van der Waals surface area contributed by atoms with Crippen LogP contribution in [0.2, 0.25) is 0 Å². The lowest BCUT2D eigenvalue weighted by atomic mass is 10.0. The van der Waals surface area contributed by atoms with E-state index in [0.717, 1.165) is 16.9 Å². The Hall–Kier alpha value is -4.65. The van der Waals surface area contributed by atoms with Crippen molar-refractivity contribution in [3.05, 3.63) is 76.3 Å². The molecule has 0 saturated heterocycles. The number of nitrogens with two attached hydrogens (primary N) is 1. The van der Waals surface area contributed by atoms with Crippen LogP contribution in [-0.2, 0) is 13.3 Å². The summed E-state index contributed by atoms with van der Waals surface area (Å²) in [6.07, 6.45) is 0.453. The highest BCUT2D eigenvalue weighted by Gasteiger charge is 2.27. The first-order valence-corrected chi connectivity index (χ1v) is 13.1. The second-order valence-corrected chi connectivity index (χ2v) is 9.96. The molecule has 5 aromatic rings. The van der Waals surface area contributed by atoms with E-state index >= 15 is 0 Å². The zero-order valence-corrected chi connectivity index (χ0v) is 22.6. The Morgan fingerprint density at radius 1 is 1.12 bits per heavy atom. The molecule has 13 heteroatoms. The number of aryl methyl sites for hydroxylation is 3. The van der Waals surface area contributed by atoms with Gasteiger partial charge in [-0.05, 0) is 50.1 Å². The highest BCUT2D eigenvalue weighted by atomic mass is 32.1. The number of pyridine rings is 1. The maximum absolute atomic E-state index is 13.8. The van der Waals surface area contributed by atoms with E-state index in [4.69, 9.17) is 10.5 Å². The molecule has 0 atom stereocenters. The standard InChI is InChI=1S/C27H25F2N7O3S/c1-4-35-12-17(15(3)33-35)16-11-19(24(28)29)31-27-21(16)22(23(40-27)25(30)37)32-26(38)18-9-10-36(34-18)13-39-20-8-6-5-7-14(20)2/h5-12,24H,4,13H2,1-3H3,(H2,30,37)(H,32,38). The van der Waals surface area contributed by atoms with Gasteiger partial charge in [0.15, 0.2) is 12.4 Å². The number of primary amides is 1. The fourth-order valence-electron chi connectivity index (χ4n) is 4.26. The van der Waals surface area contributed by atoms with Crippen LogP contribution < -0.4 is 15.8 Å². The predicted molar refractivity (Wildman–Crippen MR) is 147 cm³/mol. The first-order chi connectivity index (χ1) is 19.2. The van der Waals surface area contributed by atoms with E-state index in [2.05, 4.69) is 20.5 Å². The predicted octanol–water partition coefficient (Wildman–Crippen LogP) is 5.32. The summed E-state index contributed by atoms with van der Waals surface area (Å²) in [5.74, 6) is -0.771. The molecule has 0 saturated carbocycles. The van der Waals surface area contributed by atoms with Gasteiger partial charge in [-0.2, -0.15) is 10.2 Å². The molecule has 40 heavy (non-hydrogen) atoms. The van der Waals surface area contributed by atoms with E-state index in [-0.39, 0.29) is 27.8 Å². The van der Waals surface area contributed by atoms with E-state index in [1.165, 1.54) is 16.8 Å². The Kier molecular flexibility index (Phi) is 7.30. The van der Waals surface area contributed by atoms with E-state index in [9.17, 15) is 18.4 Å². The number of fused-ring (bicyclic) bond motifs is 1. The molecule has 4 heterocycles. The number of aromatic nitrogens is 5. The number of nitrogens with one attached hydrogen (secondary N) is 1. The lowest BCUT2D eigenvalue weighted by Gasteiger charge is -2.10. The molecule has 2 amide bonds. The fourth-order valence-corrected chi connectivity index (χ4v) is 5.28. The Morgan fingerprint density at radius 2 is 1.90 bits per heavy atom. The number of carbonyl (C=O) groups excluding carboxylic acids is 2. The molecule has 3 N–H and O–H groups in total. The van der Waals surface area contributed by atoms with Crippen molar-refractivity contribution in [2.24, 2.45) is 5.73 Å². The van der Waals surface area contributed by atoms with Crippen molar-refractivity contribution in [1.82, 2.24) is 24.5 Å². The van der Waals surface area contributed by atoms with Crippen molar-refractivity contribution < 1.29 is 23.1 Å². The van der Waals surface area contributed by atoms with Crippen LogP contribution in [0.15, 0.2) is 48.8 Å². The number of anilines is 1. The van der Waals surface area contributed by atoms with E-state index in [0.29, 0.717) is 34.5 Å². The Bertz CT molecular complexity index is 1740. The number of carbonyl (C=O) groups is 2. The first kappa shape index (κ1) is 26.9. The SMILES string of the molecule is CCn1cc(-c2cc(C(F)F)nc3sc(C(N)=O)c(NC(=O)c4ccn(COc5ccccc5C)n4)c23)c(C)n1. The Labute approximate surface area is 231 Å². The molecule has 206 valence electrons. The lowest BCUT2D eigenvalue weighted by Crippen LogP contribution is -2.18. The second-order valence-electron chi connectivity index (χ2n) is 8.96. The summed E-state index contributed by atoms with van der Waals surface area (Å²) in [4.78, 5) is 29.9. The van der Waals surface area contributed by atoms with Crippen molar-refractivity contribution in [2.45, 2.75) is 40.5 Å². The molecule has 5 rings (SSSR count). The molecule has 4 aromatic heterocycles. The zero-order chi connectivity index (χ0) is 28.6. The highest BCUT2D eigenvalue weighted by molar-refractivity contribution is 7.21. The molecule has 0 bridgehead atoms. The lowest BCUT2D eigenvalue weighted by molar-refractivity contribution is 0.100. The van der Waals surface area contributed by atoms with E-state index in [1.54, 1.807) is 24.0 Å². The number of halogens is 2. The smallest absolute Gasteiger partial charge is 0.280 e. The summed E-state index contributed by atoms with van der Waals surface area (Å²) in [5.41, 5.74) is 7.77. The molecule has 0 fully saturated rings. The van der Waals surface area contributed by atoms with Gasteiger partial charge in [0.2, 0.25) is 0 Å². The van der Waals surface area contributed by atoms with Crippen molar-refractivity contribution in [1.29, 1.82) is 0 Å². The zero-order valence-electron chi connectivity index (χ0n) is 21.8. The van der Waals surface area contributed by atoms with Crippen LogP contribution in [-0.4, -0.2) is 36.4 Å². The largest absolute Gasteiger partial charge is 0.471 e. The molecular formula is C27H25F2N7O3S. The third-order valence-corrected chi connectivity index (χ3v) is 7.35. The Morgan fingerprint density at radius 3 is 2.58 bits per heavy atom. The number of rotatable bonds is 9. The van der Waals surface area contributed by atoms with Crippen molar-refractivity contribution in [2.75, 3.05) is 5.32 Å². The molecule has 0 aliphatic heterocycles. The van der Waals surface area contributed by atoms with Gasteiger partial charge in [0.05, 0.1) is 11.4 Å². The molecule has 0 spiro atoms. The highest BCUT2D eigenvalue weighted by Crippen LogP contribution is 2.43. The van der Waals surface area contributed by atoms with Gasteiger partial charge in [0.1, 0.15) is 21.2 Å². The number of hydrogen-bond acceptors (Lipinski definition) is 7. The summed E-state index contributed by atoms with van der Waals surface area (Å²) in [5, 5.41) is 11.7. The molecular weight excluding hydrogens is 540 g/mol. The normalized spacial score (nSPS) is 11.3. The van der Waals surface area contributed by atoms with Crippen LogP contribution >= 0.6 is 11.3 Å². The summed E-state index contributed by atoms with van der Waals surface area (Å²) in [7, 11) is 0. The molecule has 10 nitrogen and oxygen atoms in total. The Balaban J connectivity index is 1.53. The fraction of sp³-hybridized carbons (Fsp3) is 0.222. The number of thiophene rings is 1. The average molecular weight is 566 g/mol. The van der Waals surface area contributed by atoms with Crippen molar-refractivity contribution in [3.63, 3.8) is 0 Å². The second kappa shape index (κ2) is 10.8. The van der Waals surface area contributed by atoms with Gasteiger partial charge >= 0.3 is 0 Å². The van der Waals surface area contributed by atoms with Crippen LogP contribution in [0.4, 0.5) is 14.5 Å². The van der Waals surface area contributed by atoms with Crippen LogP contribution in [0.3, 0.4) is 0 Å². The van der Waals surface area contributed by atoms with Gasteiger partial charge in [-0.15, -0.1) is 11.3 Å². The number of hydrogen-bond donors (Lipinski definition) is 2. The van der Waals surface area contributed by atoms with Gasteiger partial charge in [0, 0.05) is 29.9 Å². The van der Waals surface area contributed by atoms with Crippen LogP contribution in [0, 0.1) is 13.8 Å². The molecule has 0 aliphatic rings. The average Bonchev–Trinajstić information content (AvgIpc) is 3.65. The third-order valence-electron chi connectivity index (χ3n) is 6.25. The molecule has 0 aliphatic carbocycles. The first-order valence-electron chi connectivity index (χ1n) is 12.3. The molecule has 0 radical (unpaired) electrons. The number of amides is 2. The quantitative estimate of drug-likeness (QED) is 0.249. The summed E-state index contributed by atoms with van der Waals surface area (Å²) in [6.45, 7) is 6.20.